The van der Waals surface area contributed by atoms with E-state index in [9.17, 15) is 0 Å². The van der Waals surface area contributed by atoms with Crippen molar-refractivity contribution in [2.45, 2.75) is 20.8 Å². The maximum atomic E-state index is 4.73. The number of aryl methyl sites for hydroxylation is 3. The zero-order chi connectivity index (χ0) is 18.3. The van der Waals surface area contributed by atoms with Gasteiger partial charge >= 0.3 is 0 Å². The molecule has 0 amide bonds. The van der Waals surface area contributed by atoms with Gasteiger partial charge in [-0.2, -0.15) is 20.1 Å². The minimum absolute atomic E-state index is 0.495. The van der Waals surface area contributed by atoms with Gasteiger partial charge in [-0.15, -0.1) is 0 Å². The van der Waals surface area contributed by atoms with Crippen LogP contribution in [0.5, 0.6) is 0 Å². The maximum absolute atomic E-state index is 4.73. The van der Waals surface area contributed by atoms with Gasteiger partial charge in [0.05, 0.1) is 17.2 Å². The van der Waals surface area contributed by atoms with E-state index in [-0.39, 0.29) is 0 Å². The smallest absolute Gasteiger partial charge is 0.242 e. The molecule has 0 fully saturated rings. The number of H-pyrrole nitrogens is 1. The summed E-state index contributed by atoms with van der Waals surface area (Å²) in [5.41, 5.74) is 4.13. The van der Waals surface area contributed by atoms with Crippen molar-refractivity contribution in [3.63, 3.8) is 0 Å². The molecule has 3 N–H and O–H groups in total. The van der Waals surface area contributed by atoms with Gasteiger partial charge in [-0.1, -0.05) is 0 Å². The van der Waals surface area contributed by atoms with E-state index in [1.807, 2.05) is 17.6 Å². The predicted molar refractivity (Wildman–Crippen MR) is 100 cm³/mol. The number of aromatic amines is 1. The van der Waals surface area contributed by atoms with E-state index >= 15 is 0 Å². The Bertz CT molecular complexity index is 1080. The van der Waals surface area contributed by atoms with Crippen molar-refractivity contribution in [2.24, 2.45) is 0 Å². The van der Waals surface area contributed by atoms with E-state index in [2.05, 4.69) is 61.8 Å². The summed E-state index contributed by atoms with van der Waals surface area (Å²) in [5.74, 6) is 2.95. The molecule has 132 valence electrons. The van der Waals surface area contributed by atoms with Crippen LogP contribution in [0.1, 0.15) is 17.0 Å². The third-order valence-corrected chi connectivity index (χ3v) is 4.18. The molecular weight excluding hydrogens is 330 g/mol. The molecule has 0 unspecified atom stereocenters. The second kappa shape index (κ2) is 6.10. The molecule has 26 heavy (non-hydrogen) atoms. The number of nitrogens with zero attached hydrogens (tertiary/aromatic N) is 6. The van der Waals surface area contributed by atoms with Crippen molar-refractivity contribution in [1.82, 2.24) is 34.7 Å². The lowest BCUT2D eigenvalue weighted by atomic mass is 10.1. The molecule has 9 heteroatoms. The van der Waals surface area contributed by atoms with Gasteiger partial charge in [-0.25, -0.2) is 9.55 Å². The van der Waals surface area contributed by atoms with Crippen molar-refractivity contribution < 1.29 is 0 Å². The molecule has 9 nitrogen and oxygen atoms in total. The number of imidazole rings is 1. The van der Waals surface area contributed by atoms with E-state index in [1.165, 1.54) is 11.1 Å². The molecule has 3 heterocycles. The number of benzene rings is 1. The SMILES string of the molecule is CNc1nc(C)nc(-n2c(Nc3ccn[nH]3)nc3cc(C)c(C)cc32)n1. The van der Waals surface area contributed by atoms with E-state index < -0.39 is 0 Å². The van der Waals surface area contributed by atoms with Gasteiger partial charge < -0.3 is 10.6 Å². The molecule has 0 spiro atoms. The topological polar surface area (TPSA) is 109 Å². The highest BCUT2D eigenvalue weighted by Gasteiger charge is 2.17. The van der Waals surface area contributed by atoms with Crippen LogP contribution >= 0.6 is 0 Å². The summed E-state index contributed by atoms with van der Waals surface area (Å²) in [6, 6.07) is 5.98. The zero-order valence-electron chi connectivity index (χ0n) is 15.0. The lowest BCUT2D eigenvalue weighted by molar-refractivity contribution is 0.887. The highest BCUT2D eigenvalue weighted by Crippen LogP contribution is 2.27. The average Bonchev–Trinajstić information content (AvgIpc) is 3.23. The highest BCUT2D eigenvalue weighted by atomic mass is 15.3. The van der Waals surface area contributed by atoms with Crippen molar-refractivity contribution in [3.8, 4) is 5.95 Å². The first-order chi connectivity index (χ1) is 12.5. The Balaban J connectivity index is 1.98. The maximum Gasteiger partial charge on any atom is 0.242 e. The first kappa shape index (κ1) is 16.0. The monoisotopic (exact) mass is 349 g/mol. The second-order valence-electron chi connectivity index (χ2n) is 6.05. The van der Waals surface area contributed by atoms with Crippen LogP contribution in [0, 0.1) is 20.8 Å². The third kappa shape index (κ3) is 2.73. The first-order valence-electron chi connectivity index (χ1n) is 8.22. The molecule has 1 aromatic carbocycles. The lowest BCUT2D eigenvalue weighted by Gasteiger charge is -2.10. The van der Waals surface area contributed by atoms with Crippen LogP contribution in [-0.4, -0.2) is 41.7 Å². The molecule has 0 aliphatic heterocycles. The molecule has 0 atom stereocenters. The molecule has 0 saturated carbocycles. The number of rotatable bonds is 4. The van der Waals surface area contributed by atoms with Crippen molar-refractivity contribution in [2.75, 3.05) is 17.7 Å². The van der Waals surface area contributed by atoms with E-state index in [4.69, 9.17) is 4.98 Å². The summed E-state index contributed by atoms with van der Waals surface area (Å²) >= 11 is 0. The first-order valence-corrected chi connectivity index (χ1v) is 8.22. The second-order valence-corrected chi connectivity index (χ2v) is 6.05. The lowest BCUT2D eigenvalue weighted by Crippen LogP contribution is -2.10. The van der Waals surface area contributed by atoms with Gasteiger partial charge in [0.15, 0.2) is 0 Å². The van der Waals surface area contributed by atoms with Crippen LogP contribution in [0.3, 0.4) is 0 Å². The Hall–Kier alpha value is -3.49. The van der Waals surface area contributed by atoms with Crippen LogP contribution in [-0.2, 0) is 0 Å². The van der Waals surface area contributed by atoms with E-state index in [1.54, 1.807) is 13.2 Å². The van der Waals surface area contributed by atoms with E-state index in [0.717, 1.165) is 16.9 Å². The highest BCUT2D eigenvalue weighted by molar-refractivity contribution is 5.83. The van der Waals surface area contributed by atoms with Crippen LogP contribution in [0.2, 0.25) is 0 Å². The summed E-state index contributed by atoms with van der Waals surface area (Å²) in [7, 11) is 1.78. The Morgan fingerprint density at radius 2 is 1.81 bits per heavy atom. The molecule has 0 aliphatic rings. The van der Waals surface area contributed by atoms with Crippen LogP contribution < -0.4 is 10.6 Å². The summed E-state index contributed by atoms with van der Waals surface area (Å²) < 4.78 is 1.89. The molecule has 0 aliphatic carbocycles. The van der Waals surface area contributed by atoms with Crippen LogP contribution in [0.25, 0.3) is 17.0 Å². The summed E-state index contributed by atoms with van der Waals surface area (Å²) in [6.07, 6.45) is 1.68. The van der Waals surface area contributed by atoms with E-state index in [0.29, 0.717) is 23.7 Å². The van der Waals surface area contributed by atoms with Crippen LogP contribution in [0.4, 0.5) is 17.7 Å². The van der Waals surface area contributed by atoms with Crippen molar-refractivity contribution in [3.05, 3.63) is 41.3 Å². The van der Waals surface area contributed by atoms with Gasteiger partial charge in [0.25, 0.3) is 0 Å². The zero-order valence-corrected chi connectivity index (χ0v) is 15.0. The predicted octanol–water partition coefficient (Wildman–Crippen LogP) is 2.64. The third-order valence-electron chi connectivity index (χ3n) is 4.18. The molecule has 0 radical (unpaired) electrons. The number of hydrogen-bond acceptors (Lipinski definition) is 7. The average molecular weight is 349 g/mol. The number of hydrogen-bond donors (Lipinski definition) is 3. The van der Waals surface area contributed by atoms with Crippen molar-refractivity contribution in [1.29, 1.82) is 0 Å². The Kier molecular flexibility index (Phi) is 3.76. The number of nitrogens with one attached hydrogen (secondary N) is 3. The molecule has 4 rings (SSSR count). The Morgan fingerprint density at radius 3 is 2.54 bits per heavy atom. The molecule has 0 bridgehead atoms. The number of fused-ring (bicyclic) bond motifs is 1. The van der Waals surface area contributed by atoms with Crippen molar-refractivity contribution >= 4 is 28.7 Å². The normalized spacial score (nSPS) is 11.1. The Labute approximate surface area is 149 Å². The quantitative estimate of drug-likeness (QED) is 0.519. The summed E-state index contributed by atoms with van der Waals surface area (Å²) in [5, 5.41) is 13.1. The fourth-order valence-corrected chi connectivity index (χ4v) is 2.74. The summed E-state index contributed by atoms with van der Waals surface area (Å²) in [6.45, 7) is 5.98. The van der Waals surface area contributed by atoms with Crippen LogP contribution in [0.15, 0.2) is 24.4 Å². The minimum atomic E-state index is 0.495. The summed E-state index contributed by atoms with van der Waals surface area (Å²) in [4.78, 5) is 18.0. The van der Waals surface area contributed by atoms with Gasteiger partial charge in [0, 0.05) is 13.1 Å². The fourth-order valence-electron chi connectivity index (χ4n) is 2.74. The Morgan fingerprint density at radius 1 is 1.00 bits per heavy atom. The minimum Gasteiger partial charge on any atom is -0.357 e. The molecule has 4 aromatic rings. The molecular formula is C17H19N9. The fraction of sp³-hybridized carbons (Fsp3) is 0.235. The largest absolute Gasteiger partial charge is 0.357 e. The van der Waals surface area contributed by atoms with Gasteiger partial charge in [-0.3, -0.25) is 5.10 Å². The standard InChI is InChI=1S/C17H19N9/c1-9-7-12-13(8-10(9)2)26(16-21-11(3)20-15(18-4)24-16)17(22-12)23-14-5-6-19-25-14/h5-8H,1-4H3,(H,18,20,21,24)(H2,19,22,23,25). The molecule has 0 saturated heterocycles. The number of anilines is 3. The van der Waals surface area contributed by atoms with Gasteiger partial charge in [-0.05, 0) is 44.0 Å². The number of aromatic nitrogens is 7. The van der Waals surface area contributed by atoms with Gasteiger partial charge in [0.1, 0.15) is 11.6 Å². The molecule has 3 aromatic heterocycles. The van der Waals surface area contributed by atoms with Gasteiger partial charge in [0.2, 0.25) is 17.8 Å².